The normalized spacial score (nSPS) is 10.9. The summed E-state index contributed by atoms with van der Waals surface area (Å²) in [4.78, 5) is 30.8. The lowest BCUT2D eigenvalue weighted by Gasteiger charge is -2.04. The minimum atomic E-state index is -0.477. The maximum Gasteiger partial charge on any atom is 0.337 e. The quantitative estimate of drug-likeness (QED) is 0.543. The minimum absolute atomic E-state index is 0.266. The first-order chi connectivity index (χ1) is 11.1. The predicted molar refractivity (Wildman–Crippen MR) is 82.1 cm³/mol. The molecule has 3 rings (SSSR count). The number of hydrogen-bond donors (Lipinski definition) is 1. The number of carbonyl (C=O) groups excluding carboxylic acids is 1. The molecule has 0 aliphatic carbocycles. The van der Waals surface area contributed by atoms with Crippen molar-refractivity contribution in [2.24, 2.45) is 7.05 Å². The number of nitrogens with one attached hydrogen (secondary N) is 1. The van der Waals surface area contributed by atoms with Crippen LogP contribution in [-0.2, 0) is 17.5 Å². The molecule has 1 aromatic carbocycles. The third-order valence-electron chi connectivity index (χ3n) is 3.10. The van der Waals surface area contributed by atoms with E-state index < -0.39 is 5.97 Å². The van der Waals surface area contributed by atoms with Crippen LogP contribution in [0, 0.1) is 0 Å². The highest BCUT2D eigenvalue weighted by Crippen LogP contribution is 2.18. The van der Waals surface area contributed by atoms with Gasteiger partial charge >= 0.3 is 5.97 Å². The zero-order chi connectivity index (χ0) is 16.4. The van der Waals surface area contributed by atoms with Gasteiger partial charge in [0.25, 0.3) is 5.56 Å². The summed E-state index contributed by atoms with van der Waals surface area (Å²) >= 11 is 1.34. The number of nitrogens with zero attached hydrogens (tertiary/aromatic N) is 5. The van der Waals surface area contributed by atoms with Crippen molar-refractivity contribution in [3.63, 3.8) is 0 Å². The van der Waals surface area contributed by atoms with Crippen LogP contribution in [0.25, 0.3) is 10.9 Å². The molecule has 0 unspecified atom stereocenters. The fraction of sp³-hybridized carbons (Fsp3) is 0.231. The van der Waals surface area contributed by atoms with Crippen molar-refractivity contribution >= 4 is 28.6 Å². The summed E-state index contributed by atoms with van der Waals surface area (Å²) < 4.78 is 6.20. The molecule has 0 atom stereocenters. The van der Waals surface area contributed by atoms with Gasteiger partial charge in [-0.1, -0.05) is 11.8 Å². The number of benzene rings is 1. The van der Waals surface area contributed by atoms with Crippen LogP contribution in [0.2, 0.25) is 0 Å². The molecule has 0 bridgehead atoms. The van der Waals surface area contributed by atoms with Gasteiger partial charge in [-0.2, -0.15) is 0 Å². The molecule has 0 fully saturated rings. The molecule has 2 aromatic heterocycles. The molecular weight excluding hydrogens is 320 g/mol. The van der Waals surface area contributed by atoms with Crippen molar-refractivity contribution < 1.29 is 9.53 Å². The molecule has 0 spiro atoms. The number of aromatic nitrogens is 6. The van der Waals surface area contributed by atoms with Crippen molar-refractivity contribution in [1.29, 1.82) is 0 Å². The van der Waals surface area contributed by atoms with Gasteiger partial charge in [-0.15, -0.1) is 5.10 Å². The molecule has 2 heterocycles. The van der Waals surface area contributed by atoms with Crippen LogP contribution in [0.5, 0.6) is 0 Å². The zero-order valence-corrected chi connectivity index (χ0v) is 13.1. The number of aromatic amines is 1. The van der Waals surface area contributed by atoms with Crippen LogP contribution in [0.1, 0.15) is 16.2 Å². The number of esters is 1. The molecule has 0 radical (unpaired) electrons. The Morgan fingerprint density at radius 2 is 2.26 bits per heavy atom. The van der Waals surface area contributed by atoms with E-state index in [1.165, 1.54) is 35.7 Å². The number of carbonyl (C=O) groups is 1. The van der Waals surface area contributed by atoms with E-state index in [0.717, 1.165) is 0 Å². The van der Waals surface area contributed by atoms with Crippen molar-refractivity contribution in [3.05, 3.63) is 39.9 Å². The molecule has 23 heavy (non-hydrogen) atoms. The molecule has 0 saturated carbocycles. The van der Waals surface area contributed by atoms with Crippen molar-refractivity contribution in [2.75, 3.05) is 7.11 Å². The Bertz CT molecular complexity index is 935. The highest BCUT2D eigenvalue weighted by atomic mass is 32.2. The Morgan fingerprint density at radius 1 is 1.43 bits per heavy atom. The SMILES string of the molecule is COC(=O)c1ccc2c(=O)[nH]c(CSc3nnnn3C)nc2c1. The molecule has 0 aliphatic rings. The zero-order valence-electron chi connectivity index (χ0n) is 12.3. The van der Waals surface area contributed by atoms with E-state index in [-0.39, 0.29) is 5.56 Å². The molecule has 0 amide bonds. The van der Waals surface area contributed by atoms with Crippen molar-refractivity contribution in [3.8, 4) is 0 Å². The highest BCUT2D eigenvalue weighted by Gasteiger charge is 2.11. The number of thioether (sulfide) groups is 1. The smallest absolute Gasteiger partial charge is 0.337 e. The number of aryl methyl sites for hydroxylation is 1. The van der Waals surface area contributed by atoms with Crippen molar-refractivity contribution in [2.45, 2.75) is 10.9 Å². The summed E-state index contributed by atoms with van der Waals surface area (Å²) in [6, 6.07) is 4.62. The van der Waals surface area contributed by atoms with E-state index >= 15 is 0 Å². The van der Waals surface area contributed by atoms with Gasteiger partial charge in [-0.3, -0.25) is 4.79 Å². The first kappa shape index (κ1) is 15.2. The fourth-order valence-corrected chi connectivity index (χ4v) is 2.70. The summed E-state index contributed by atoms with van der Waals surface area (Å²) in [7, 11) is 3.02. The summed E-state index contributed by atoms with van der Waals surface area (Å²) in [5.41, 5.74) is 0.510. The average molecular weight is 332 g/mol. The molecule has 118 valence electrons. The van der Waals surface area contributed by atoms with Crippen molar-refractivity contribution in [1.82, 2.24) is 30.2 Å². The Morgan fingerprint density at radius 3 is 2.96 bits per heavy atom. The summed E-state index contributed by atoms with van der Waals surface area (Å²) in [5.74, 6) is 0.384. The molecule has 0 saturated heterocycles. The molecular formula is C13H12N6O3S. The standard InChI is InChI=1S/C13H12N6O3S/c1-19-13(16-17-18-19)23-6-10-14-9-5-7(12(21)22-2)3-4-8(9)11(20)15-10/h3-5H,6H2,1-2H3,(H,14,15,20). The number of rotatable bonds is 4. The molecule has 10 heteroatoms. The van der Waals surface area contributed by atoms with Gasteiger partial charge in [0, 0.05) is 7.05 Å². The van der Waals surface area contributed by atoms with E-state index in [1.807, 2.05) is 0 Å². The maximum absolute atomic E-state index is 12.1. The Balaban J connectivity index is 1.93. The van der Waals surface area contributed by atoms with Gasteiger partial charge < -0.3 is 9.72 Å². The van der Waals surface area contributed by atoms with Gasteiger partial charge in [0.15, 0.2) is 0 Å². The van der Waals surface area contributed by atoms with E-state index in [1.54, 1.807) is 13.1 Å². The minimum Gasteiger partial charge on any atom is -0.465 e. The van der Waals surface area contributed by atoms with Crippen LogP contribution >= 0.6 is 11.8 Å². The second-order valence-electron chi connectivity index (χ2n) is 4.61. The second-order valence-corrected chi connectivity index (χ2v) is 5.55. The third-order valence-corrected chi connectivity index (χ3v) is 4.12. The lowest BCUT2D eigenvalue weighted by molar-refractivity contribution is 0.0601. The fourth-order valence-electron chi connectivity index (χ4n) is 1.98. The van der Waals surface area contributed by atoms with Crippen LogP contribution in [0.15, 0.2) is 28.2 Å². The van der Waals surface area contributed by atoms with Gasteiger partial charge in [-0.05, 0) is 28.6 Å². The molecule has 9 nitrogen and oxygen atoms in total. The van der Waals surface area contributed by atoms with Crippen LogP contribution in [0.4, 0.5) is 0 Å². The number of H-pyrrole nitrogens is 1. The lowest BCUT2D eigenvalue weighted by atomic mass is 10.1. The predicted octanol–water partition coefficient (Wildman–Crippen LogP) is 0.525. The number of fused-ring (bicyclic) bond motifs is 1. The Kier molecular flexibility index (Phi) is 4.06. The number of methoxy groups -OCH3 is 1. The van der Waals surface area contributed by atoms with Gasteiger partial charge in [0.1, 0.15) is 5.82 Å². The molecule has 3 aromatic rings. The first-order valence-electron chi connectivity index (χ1n) is 6.55. The number of tetrazole rings is 1. The summed E-state index contributed by atoms with van der Waals surface area (Å²) in [5, 5.41) is 12.1. The van der Waals surface area contributed by atoms with Gasteiger partial charge in [0.2, 0.25) is 5.16 Å². The average Bonchev–Trinajstić information content (AvgIpc) is 2.96. The Hall–Kier alpha value is -2.75. The number of hydrogen-bond acceptors (Lipinski definition) is 8. The van der Waals surface area contributed by atoms with E-state index in [4.69, 9.17) is 0 Å². The van der Waals surface area contributed by atoms with Crippen LogP contribution in [0.3, 0.4) is 0 Å². The van der Waals surface area contributed by atoms with Crippen LogP contribution in [-0.4, -0.2) is 43.3 Å². The molecule has 0 aliphatic heterocycles. The molecule has 1 N–H and O–H groups in total. The number of ether oxygens (including phenoxy) is 1. The maximum atomic E-state index is 12.1. The second kappa shape index (κ2) is 6.16. The third kappa shape index (κ3) is 3.06. The monoisotopic (exact) mass is 332 g/mol. The van der Waals surface area contributed by atoms with E-state index in [0.29, 0.717) is 33.2 Å². The van der Waals surface area contributed by atoms with Gasteiger partial charge in [0.05, 0.1) is 29.3 Å². The summed E-state index contributed by atoms with van der Waals surface area (Å²) in [6.07, 6.45) is 0. The highest BCUT2D eigenvalue weighted by molar-refractivity contribution is 7.98. The topological polar surface area (TPSA) is 116 Å². The summed E-state index contributed by atoms with van der Waals surface area (Å²) in [6.45, 7) is 0. The van der Waals surface area contributed by atoms with Crippen LogP contribution < -0.4 is 5.56 Å². The van der Waals surface area contributed by atoms with Gasteiger partial charge in [-0.25, -0.2) is 14.5 Å². The largest absolute Gasteiger partial charge is 0.465 e. The van der Waals surface area contributed by atoms with E-state index in [9.17, 15) is 9.59 Å². The first-order valence-corrected chi connectivity index (χ1v) is 7.53. The van der Waals surface area contributed by atoms with E-state index in [2.05, 4.69) is 30.2 Å². The lowest BCUT2D eigenvalue weighted by Crippen LogP contribution is -2.12. The Labute approximate surface area is 134 Å².